The van der Waals surface area contributed by atoms with Crippen molar-refractivity contribution in [3.05, 3.63) is 35.5 Å². The van der Waals surface area contributed by atoms with Gasteiger partial charge in [0, 0.05) is 25.3 Å². The molecule has 11 heteroatoms. The van der Waals surface area contributed by atoms with Crippen LogP contribution in [0.2, 0.25) is 0 Å². The van der Waals surface area contributed by atoms with Crippen LogP contribution in [-0.2, 0) is 15.4 Å². The first-order chi connectivity index (χ1) is 13.2. The number of sulfonamides is 1. The summed E-state index contributed by atoms with van der Waals surface area (Å²) in [6.45, 7) is 4.18. The number of aromatic nitrogens is 4. The second-order valence-electron chi connectivity index (χ2n) is 7.71. The number of rotatable bonds is 4. The fourth-order valence-corrected chi connectivity index (χ4v) is 5.20. The molecule has 0 bridgehead atoms. The number of fused-ring (bicyclic) bond motifs is 1. The Balaban J connectivity index is 1.57. The SMILES string of the molecule is Cc1cnc(C(=O)N[C@@H]2CC3CN(S(C)(=O)=O)C[C@@]3(c3nc(C)no3)C2)cn1. The molecule has 1 saturated heterocycles. The maximum atomic E-state index is 12.5. The molecule has 1 N–H and O–H groups in total. The third-order valence-electron chi connectivity index (χ3n) is 5.61. The van der Waals surface area contributed by atoms with Crippen LogP contribution in [0.1, 0.15) is 40.7 Å². The Morgan fingerprint density at radius 2 is 2.11 bits per heavy atom. The zero-order valence-electron chi connectivity index (χ0n) is 15.9. The van der Waals surface area contributed by atoms with Crippen LogP contribution in [0.4, 0.5) is 0 Å². The highest BCUT2D eigenvalue weighted by molar-refractivity contribution is 7.88. The molecule has 1 amide bonds. The number of carbonyl (C=O) groups excluding carboxylic acids is 1. The van der Waals surface area contributed by atoms with Gasteiger partial charge >= 0.3 is 0 Å². The van der Waals surface area contributed by atoms with Crippen LogP contribution >= 0.6 is 0 Å². The fraction of sp³-hybridized carbons (Fsp3) is 0.588. The normalized spacial score (nSPS) is 27.7. The lowest BCUT2D eigenvalue weighted by Gasteiger charge is -2.24. The molecule has 4 rings (SSSR count). The van der Waals surface area contributed by atoms with E-state index in [0.29, 0.717) is 31.1 Å². The summed E-state index contributed by atoms with van der Waals surface area (Å²) < 4.78 is 31.1. The second-order valence-corrected chi connectivity index (χ2v) is 9.69. The van der Waals surface area contributed by atoms with Gasteiger partial charge in [-0.15, -0.1) is 0 Å². The topological polar surface area (TPSA) is 131 Å². The molecule has 28 heavy (non-hydrogen) atoms. The van der Waals surface area contributed by atoms with Gasteiger partial charge in [0.05, 0.1) is 23.6 Å². The predicted molar refractivity (Wildman–Crippen MR) is 97.9 cm³/mol. The molecule has 0 aromatic carbocycles. The lowest BCUT2D eigenvalue weighted by molar-refractivity contribution is 0.0929. The van der Waals surface area contributed by atoms with Gasteiger partial charge in [0.25, 0.3) is 5.91 Å². The molecule has 2 aromatic heterocycles. The van der Waals surface area contributed by atoms with Crippen LogP contribution in [0, 0.1) is 19.8 Å². The molecule has 1 aliphatic heterocycles. The highest BCUT2D eigenvalue weighted by Crippen LogP contribution is 2.50. The summed E-state index contributed by atoms with van der Waals surface area (Å²) >= 11 is 0. The summed E-state index contributed by atoms with van der Waals surface area (Å²) in [5.41, 5.74) is 0.392. The zero-order valence-corrected chi connectivity index (χ0v) is 16.7. The van der Waals surface area contributed by atoms with E-state index in [4.69, 9.17) is 4.52 Å². The number of carbonyl (C=O) groups is 1. The number of nitrogens with one attached hydrogen (secondary N) is 1. The molecule has 10 nitrogen and oxygen atoms in total. The number of aryl methyl sites for hydroxylation is 2. The Kier molecular flexibility index (Phi) is 4.46. The van der Waals surface area contributed by atoms with Crippen molar-refractivity contribution in [2.45, 2.75) is 38.1 Å². The standard InChI is InChI=1S/C17H22N6O4S/c1-10-6-19-14(7-18-10)15(24)21-13-4-12-8-23(28(3,25)26)9-17(12,5-13)16-20-11(2)22-27-16/h6-7,12-13H,4-5,8-9H2,1-3H3,(H,21,24)/t12?,13-,17+/m1/s1. The minimum absolute atomic E-state index is 0.0172. The van der Waals surface area contributed by atoms with Crippen LogP contribution in [0.3, 0.4) is 0 Å². The van der Waals surface area contributed by atoms with E-state index in [0.717, 1.165) is 5.69 Å². The van der Waals surface area contributed by atoms with Gasteiger partial charge in [-0.25, -0.2) is 17.7 Å². The summed E-state index contributed by atoms with van der Waals surface area (Å²) in [5, 5.41) is 6.88. The van der Waals surface area contributed by atoms with E-state index in [9.17, 15) is 13.2 Å². The predicted octanol–water partition coefficient (Wildman–Crippen LogP) is 0.198. The average Bonchev–Trinajstić information content (AvgIpc) is 3.27. The van der Waals surface area contributed by atoms with E-state index in [1.54, 1.807) is 20.0 Å². The summed E-state index contributed by atoms with van der Waals surface area (Å²) in [6.07, 6.45) is 5.35. The third kappa shape index (κ3) is 3.28. The maximum Gasteiger partial charge on any atom is 0.271 e. The second kappa shape index (κ2) is 6.59. The number of amides is 1. The van der Waals surface area contributed by atoms with Crippen molar-refractivity contribution >= 4 is 15.9 Å². The molecule has 0 spiro atoms. The molecule has 3 atom stereocenters. The van der Waals surface area contributed by atoms with Crippen LogP contribution in [-0.4, -0.2) is 64.1 Å². The molecule has 1 aliphatic carbocycles. The van der Waals surface area contributed by atoms with Crippen LogP contribution in [0.5, 0.6) is 0 Å². The van der Waals surface area contributed by atoms with Gasteiger partial charge in [-0.2, -0.15) is 4.98 Å². The summed E-state index contributed by atoms with van der Waals surface area (Å²) in [7, 11) is -3.33. The third-order valence-corrected chi connectivity index (χ3v) is 6.83. The first kappa shape index (κ1) is 18.9. The highest BCUT2D eigenvalue weighted by Gasteiger charge is 2.59. The van der Waals surface area contributed by atoms with Crippen molar-refractivity contribution in [3.8, 4) is 0 Å². The summed E-state index contributed by atoms with van der Waals surface area (Å²) in [5.74, 6) is 0.627. The van der Waals surface area contributed by atoms with Gasteiger partial charge < -0.3 is 9.84 Å². The van der Waals surface area contributed by atoms with Crippen molar-refractivity contribution < 1.29 is 17.7 Å². The highest BCUT2D eigenvalue weighted by atomic mass is 32.2. The molecule has 3 heterocycles. The van der Waals surface area contributed by atoms with E-state index in [1.165, 1.54) is 16.8 Å². The van der Waals surface area contributed by atoms with E-state index in [1.807, 2.05) is 0 Å². The molecular weight excluding hydrogens is 384 g/mol. The van der Waals surface area contributed by atoms with Crippen molar-refractivity contribution in [2.75, 3.05) is 19.3 Å². The number of hydrogen-bond acceptors (Lipinski definition) is 8. The largest absolute Gasteiger partial charge is 0.348 e. The molecular formula is C17H22N6O4S. The minimum atomic E-state index is -3.33. The van der Waals surface area contributed by atoms with Crippen molar-refractivity contribution in [3.63, 3.8) is 0 Å². The molecule has 1 saturated carbocycles. The molecule has 2 aliphatic rings. The van der Waals surface area contributed by atoms with Gasteiger partial charge in [-0.1, -0.05) is 5.16 Å². The van der Waals surface area contributed by atoms with E-state index in [2.05, 4.69) is 25.4 Å². The Bertz CT molecular complexity index is 1000. The maximum absolute atomic E-state index is 12.5. The first-order valence-electron chi connectivity index (χ1n) is 9.03. The molecule has 2 fully saturated rings. The Labute approximate surface area is 162 Å². The van der Waals surface area contributed by atoms with Gasteiger partial charge in [0.15, 0.2) is 5.82 Å². The quantitative estimate of drug-likeness (QED) is 0.762. The lowest BCUT2D eigenvalue weighted by atomic mass is 9.80. The Morgan fingerprint density at radius 1 is 1.32 bits per heavy atom. The van der Waals surface area contributed by atoms with Crippen molar-refractivity contribution in [1.29, 1.82) is 0 Å². The van der Waals surface area contributed by atoms with E-state index >= 15 is 0 Å². The minimum Gasteiger partial charge on any atom is -0.348 e. The van der Waals surface area contributed by atoms with E-state index < -0.39 is 15.4 Å². The van der Waals surface area contributed by atoms with Crippen LogP contribution in [0.15, 0.2) is 16.9 Å². The number of hydrogen-bond donors (Lipinski definition) is 1. The monoisotopic (exact) mass is 406 g/mol. The zero-order chi connectivity index (χ0) is 20.1. The molecule has 1 unspecified atom stereocenters. The summed E-state index contributed by atoms with van der Waals surface area (Å²) in [4.78, 5) is 25.1. The fourth-order valence-electron chi connectivity index (χ4n) is 4.29. The Hall–Kier alpha value is -2.40. The van der Waals surface area contributed by atoms with Crippen molar-refractivity contribution in [2.24, 2.45) is 5.92 Å². The smallest absolute Gasteiger partial charge is 0.271 e. The van der Waals surface area contributed by atoms with Crippen molar-refractivity contribution in [1.82, 2.24) is 29.7 Å². The van der Waals surface area contributed by atoms with Gasteiger partial charge in [0.2, 0.25) is 15.9 Å². The summed E-state index contributed by atoms with van der Waals surface area (Å²) in [6, 6.07) is -0.144. The van der Waals surface area contributed by atoms with Gasteiger partial charge in [-0.3, -0.25) is 9.78 Å². The molecule has 150 valence electrons. The van der Waals surface area contributed by atoms with Crippen LogP contribution in [0.25, 0.3) is 0 Å². The first-order valence-corrected chi connectivity index (χ1v) is 10.9. The number of nitrogens with zero attached hydrogens (tertiary/aromatic N) is 5. The Morgan fingerprint density at radius 3 is 2.71 bits per heavy atom. The average molecular weight is 406 g/mol. The van der Waals surface area contributed by atoms with Gasteiger partial charge in [-0.05, 0) is 32.6 Å². The lowest BCUT2D eigenvalue weighted by Crippen LogP contribution is -2.39. The van der Waals surface area contributed by atoms with E-state index in [-0.39, 0.29) is 30.1 Å². The molecule has 0 radical (unpaired) electrons. The molecule has 2 aromatic rings. The van der Waals surface area contributed by atoms with Gasteiger partial charge in [0.1, 0.15) is 5.69 Å². The van der Waals surface area contributed by atoms with Crippen LogP contribution < -0.4 is 5.32 Å².